The lowest BCUT2D eigenvalue weighted by atomic mass is 10.1. The minimum Gasteiger partial charge on any atom is -0.328 e. The molecule has 2 aromatic rings. The van der Waals surface area contributed by atoms with E-state index in [1.165, 1.54) is 12.8 Å². The van der Waals surface area contributed by atoms with Crippen molar-refractivity contribution >= 4 is 16.9 Å². The van der Waals surface area contributed by atoms with E-state index in [2.05, 4.69) is 22.5 Å². The average Bonchev–Trinajstić information content (AvgIpc) is 2.90. The second kappa shape index (κ2) is 7.91. The van der Waals surface area contributed by atoms with Crippen LogP contribution in [0.3, 0.4) is 0 Å². The number of amides is 1. The molecule has 0 aliphatic heterocycles. The molecule has 0 spiro atoms. The first-order chi connectivity index (χ1) is 10.7. The average molecular weight is 304 g/mol. The van der Waals surface area contributed by atoms with Gasteiger partial charge in [-0.1, -0.05) is 31.9 Å². The van der Waals surface area contributed by atoms with Crippen LogP contribution in [0.1, 0.15) is 38.4 Å². The van der Waals surface area contributed by atoms with Gasteiger partial charge in [-0.25, -0.2) is 10.5 Å². The zero-order valence-electron chi connectivity index (χ0n) is 13.0. The van der Waals surface area contributed by atoms with Crippen LogP contribution in [0.15, 0.2) is 24.3 Å². The maximum absolute atomic E-state index is 11.3. The van der Waals surface area contributed by atoms with Crippen molar-refractivity contribution in [1.29, 1.82) is 0 Å². The first-order valence-corrected chi connectivity index (χ1v) is 7.81. The number of benzene rings is 1. The van der Waals surface area contributed by atoms with Crippen LogP contribution in [0.4, 0.5) is 0 Å². The summed E-state index contributed by atoms with van der Waals surface area (Å²) in [5, 5.41) is 8.61. The molecule has 0 aliphatic carbocycles. The summed E-state index contributed by atoms with van der Waals surface area (Å²) in [7, 11) is 0. The molecule has 0 aliphatic rings. The highest BCUT2D eigenvalue weighted by atomic mass is 16.5. The van der Waals surface area contributed by atoms with Crippen LogP contribution in [0, 0.1) is 0 Å². The number of hydrogen-bond donors (Lipinski definition) is 3. The molecule has 0 fully saturated rings. The first-order valence-electron chi connectivity index (χ1n) is 7.81. The summed E-state index contributed by atoms with van der Waals surface area (Å²) in [6.45, 7) is 3.10. The van der Waals surface area contributed by atoms with Gasteiger partial charge in [0.1, 0.15) is 5.82 Å². The zero-order valence-corrected chi connectivity index (χ0v) is 13.0. The number of aryl methyl sites for hydroxylation is 2. The van der Waals surface area contributed by atoms with Gasteiger partial charge in [-0.05, 0) is 25.0 Å². The molecule has 1 aromatic heterocycles. The van der Waals surface area contributed by atoms with Crippen molar-refractivity contribution in [1.82, 2.24) is 15.0 Å². The Labute approximate surface area is 130 Å². The summed E-state index contributed by atoms with van der Waals surface area (Å²) in [6, 6.07) is 7.32. The lowest BCUT2D eigenvalue weighted by molar-refractivity contribution is -0.130. The third-order valence-corrected chi connectivity index (χ3v) is 3.84. The first kappa shape index (κ1) is 16.5. The number of nitrogens with one attached hydrogen (secondary N) is 1. The lowest BCUT2D eigenvalue weighted by Gasteiger charge is -2.11. The zero-order chi connectivity index (χ0) is 15.9. The standard InChI is InChI=1S/C16H24N4O2/c1-2-3-6-11-20-14-8-5-4-7-13(14)18-15(20)10-9-12(17)16(21)19-22/h4-5,7-8,12,22H,2-3,6,9-11,17H2,1H3,(H,19,21)/t12-/m0/s1. The summed E-state index contributed by atoms with van der Waals surface area (Å²) >= 11 is 0. The maximum atomic E-state index is 11.3. The van der Waals surface area contributed by atoms with Crippen molar-refractivity contribution in [2.45, 2.75) is 51.6 Å². The molecule has 0 saturated carbocycles. The highest BCUT2D eigenvalue weighted by molar-refractivity contribution is 5.80. The molecule has 120 valence electrons. The van der Waals surface area contributed by atoms with Crippen LogP contribution in [0.2, 0.25) is 0 Å². The fraction of sp³-hybridized carbons (Fsp3) is 0.500. The predicted octanol–water partition coefficient (Wildman–Crippen LogP) is 1.99. The molecule has 0 saturated heterocycles. The molecule has 2 rings (SSSR count). The lowest BCUT2D eigenvalue weighted by Crippen LogP contribution is -2.39. The second-order valence-corrected chi connectivity index (χ2v) is 5.50. The highest BCUT2D eigenvalue weighted by Gasteiger charge is 2.15. The molecule has 22 heavy (non-hydrogen) atoms. The van der Waals surface area contributed by atoms with Crippen molar-refractivity contribution in [3.8, 4) is 0 Å². The summed E-state index contributed by atoms with van der Waals surface area (Å²) in [5.74, 6) is 0.382. The Morgan fingerprint density at radius 2 is 2.18 bits per heavy atom. The van der Waals surface area contributed by atoms with Gasteiger partial charge in [0.05, 0.1) is 17.1 Å². The number of aromatic nitrogens is 2. The van der Waals surface area contributed by atoms with Crippen LogP contribution >= 0.6 is 0 Å². The maximum Gasteiger partial charge on any atom is 0.260 e. The molecule has 6 nitrogen and oxygen atoms in total. The second-order valence-electron chi connectivity index (χ2n) is 5.50. The normalized spacial score (nSPS) is 12.5. The van der Waals surface area contributed by atoms with Crippen molar-refractivity contribution < 1.29 is 10.0 Å². The molecule has 1 amide bonds. The summed E-state index contributed by atoms with van der Waals surface area (Å²) in [4.78, 5) is 15.9. The van der Waals surface area contributed by atoms with Crippen LogP contribution in [-0.2, 0) is 17.8 Å². The third kappa shape index (κ3) is 3.84. The molecule has 1 atom stereocenters. The van der Waals surface area contributed by atoms with Gasteiger partial charge < -0.3 is 10.3 Å². The highest BCUT2D eigenvalue weighted by Crippen LogP contribution is 2.18. The number of hydrogen-bond acceptors (Lipinski definition) is 4. The fourth-order valence-electron chi connectivity index (χ4n) is 2.58. The van der Waals surface area contributed by atoms with E-state index in [4.69, 9.17) is 10.9 Å². The molecule has 1 heterocycles. The SMILES string of the molecule is CCCCCn1c(CC[C@H](N)C(=O)NO)nc2ccccc21. The molecule has 6 heteroatoms. The van der Waals surface area contributed by atoms with Crippen LogP contribution in [-0.4, -0.2) is 26.7 Å². The Morgan fingerprint density at radius 3 is 2.91 bits per heavy atom. The van der Waals surface area contributed by atoms with Gasteiger partial charge in [0, 0.05) is 13.0 Å². The Hall–Kier alpha value is -1.92. The molecular formula is C16H24N4O2. The molecule has 0 bridgehead atoms. The summed E-state index contributed by atoms with van der Waals surface area (Å²) in [5.41, 5.74) is 9.41. The number of unbranched alkanes of at least 4 members (excludes halogenated alkanes) is 2. The van der Waals surface area contributed by atoms with Gasteiger partial charge in [-0.2, -0.15) is 0 Å². The molecule has 4 N–H and O–H groups in total. The number of fused-ring (bicyclic) bond motifs is 1. The smallest absolute Gasteiger partial charge is 0.260 e. The summed E-state index contributed by atoms with van der Waals surface area (Å²) < 4.78 is 2.22. The van der Waals surface area contributed by atoms with Crippen molar-refractivity contribution in [3.63, 3.8) is 0 Å². The van der Waals surface area contributed by atoms with Gasteiger partial charge in [-0.15, -0.1) is 0 Å². The van der Waals surface area contributed by atoms with Crippen LogP contribution in [0.5, 0.6) is 0 Å². The molecule has 0 unspecified atom stereocenters. The van der Waals surface area contributed by atoms with E-state index in [0.29, 0.717) is 12.8 Å². The number of imidazole rings is 1. The Bertz CT molecular complexity index is 624. The number of carbonyl (C=O) groups is 1. The fourth-order valence-corrected chi connectivity index (χ4v) is 2.58. The minimum absolute atomic E-state index is 0.448. The van der Waals surface area contributed by atoms with E-state index in [-0.39, 0.29) is 0 Å². The number of para-hydroxylation sites is 2. The molecular weight excluding hydrogens is 280 g/mol. The van der Waals surface area contributed by atoms with Gasteiger partial charge in [0.15, 0.2) is 0 Å². The third-order valence-electron chi connectivity index (χ3n) is 3.84. The Morgan fingerprint density at radius 1 is 1.41 bits per heavy atom. The van der Waals surface area contributed by atoms with Gasteiger partial charge >= 0.3 is 0 Å². The largest absolute Gasteiger partial charge is 0.328 e. The van der Waals surface area contributed by atoms with E-state index < -0.39 is 11.9 Å². The van der Waals surface area contributed by atoms with E-state index in [0.717, 1.165) is 29.8 Å². The van der Waals surface area contributed by atoms with Gasteiger partial charge in [0.2, 0.25) is 0 Å². The van der Waals surface area contributed by atoms with Gasteiger partial charge in [0.25, 0.3) is 5.91 Å². The van der Waals surface area contributed by atoms with Crippen molar-refractivity contribution in [2.24, 2.45) is 5.73 Å². The number of nitrogens with zero attached hydrogens (tertiary/aromatic N) is 2. The predicted molar refractivity (Wildman–Crippen MR) is 85.5 cm³/mol. The van der Waals surface area contributed by atoms with Crippen LogP contribution < -0.4 is 11.2 Å². The molecule has 0 radical (unpaired) electrons. The topological polar surface area (TPSA) is 93.2 Å². The van der Waals surface area contributed by atoms with Gasteiger partial charge in [-0.3, -0.25) is 10.0 Å². The Kier molecular flexibility index (Phi) is 5.91. The van der Waals surface area contributed by atoms with Crippen LogP contribution in [0.25, 0.3) is 11.0 Å². The van der Waals surface area contributed by atoms with E-state index in [1.54, 1.807) is 5.48 Å². The van der Waals surface area contributed by atoms with Crippen molar-refractivity contribution in [2.75, 3.05) is 0 Å². The van der Waals surface area contributed by atoms with E-state index in [1.807, 2.05) is 18.2 Å². The minimum atomic E-state index is -0.728. The number of carbonyl (C=O) groups excluding carboxylic acids is 1. The molecule has 1 aromatic carbocycles. The number of nitrogens with two attached hydrogens (primary N) is 1. The van der Waals surface area contributed by atoms with E-state index >= 15 is 0 Å². The Balaban J connectivity index is 2.16. The summed E-state index contributed by atoms with van der Waals surface area (Å²) in [6.07, 6.45) is 4.51. The van der Waals surface area contributed by atoms with E-state index in [9.17, 15) is 4.79 Å². The number of hydroxylamine groups is 1. The quantitative estimate of drug-likeness (QED) is 0.395. The van der Waals surface area contributed by atoms with Crippen molar-refractivity contribution in [3.05, 3.63) is 30.1 Å². The number of rotatable bonds is 8. The monoisotopic (exact) mass is 304 g/mol.